The smallest absolute Gasteiger partial charge is 0.163 e. The van der Waals surface area contributed by atoms with Gasteiger partial charge in [-0.05, 0) is 12.1 Å². The van der Waals surface area contributed by atoms with Crippen LogP contribution in [0.2, 0.25) is 0 Å². The predicted octanol–water partition coefficient (Wildman–Crippen LogP) is 2.71. The van der Waals surface area contributed by atoms with E-state index in [9.17, 15) is 0 Å². The highest BCUT2D eigenvalue weighted by Crippen LogP contribution is 2.27. The highest BCUT2D eigenvalue weighted by Gasteiger charge is 2.12. The number of aromatic amines is 1. The number of nitrogens with one attached hydrogen (secondary N) is 1. The molecule has 3 rings (SSSR count). The molecule has 0 spiro atoms. The Morgan fingerprint density at radius 2 is 2.26 bits per heavy atom. The monoisotopic (exact) mass is 322 g/mol. The van der Waals surface area contributed by atoms with Crippen LogP contribution in [0.25, 0.3) is 22.6 Å². The van der Waals surface area contributed by atoms with E-state index in [1.165, 1.54) is 0 Å². The molecule has 0 atom stereocenters. The predicted molar refractivity (Wildman–Crippen MR) is 74.4 cm³/mol. The summed E-state index contributed by atoms with van der Waals surface area (Å²) in [5.41, 5.74) is 8.72. The van der Waals surface area contributed by atoms with Crippen LogP contribution in [0.3, 0.4) is 0 Å². The maximum Gasteiger partial charge on any atom is 0.163 e. The van der Waals surface area contributed by atoms with Crippen LogP contribution in [0, 0.1) is 0 Å². The molecular weight excluding hydrogens is 312 g/mol. The second kappa shape index (κ2) is 4.67. The highest BCUT2D eigenvalue weighted by atomic mass is 79.9. The molecule has 0 amide bonds. The Morgan fingerprint density at radius 1 is 1.42 bits per heavy atom. The molecular formula is C12H11BrN4O2. The number of H-pyrrole nitrogens is 1. The van der Waals surface area contributed by atoms with Crippen LogP contribution in [0.15, 0.2) is 27.2 Å². The van der Waals surface area contributed by atoms with Crippen LogP contribution >= 0.6 is 15.9 Å². The summed E-state index contributed by atoms with van der Waals surface area (Å²) in [6.45, 7) is 0.376. The van der Waals surface area contributed by atoms with Crippen molar-refractivity contribution in [3.05, 3.63) is 28.4 Å². The van der Waals surface area contributed by atoms with Gasteiger partial charge in [0, 0.05) is 17.6 Å². The number of imidazole rings is 1. The van der Waals surface area contributed by atoms with Gasteiger partial charge in [0.1, 0.15) is 17.8 Å². The second-order valence-corrected chi connectivity index (χ2v) is 5.00. The SMILES string of the molecule is COCc1cc(-c2nc3c(N)cc(Br)cc3[nH]2)no1. The normalized spacial score (nSPS) is 11.3. The number of anilines is 1. The van der Waals surface area contributed by atoms with Crippen LogP contribution < -0.4 is 5.73 Å². The topological polar surface area (TPSA) is 90.0 Å². The Morgan fingerprint density at radius 3 is 3.05 bits per heavy atom. The van der Waals surface area contributed by atoms with Gasteiger partial charge in [0.05, 0.1) is 11.2 Å². The number of ether oxygens (including phenoxy) is 1. The van der Waals surface area contributed by atoms with Crippen molar-refractivity contribution in [2.45, 2.75) is 6.61 Å². The summed E-state index contributed by atoms with van der Waals surface area (Å²) < 4.78 is 11.0. The Hall–Kier alpha value is -1.86. The largest absolute Gasteiger partial charge is 0.397 e. The minimum absolute atomic E-state index is 0.376. The van der Waals surface area contributed by atoms with Crippen LogP contribution in [0.5, 0.6) is 0 Å². The van der Waals surface area contributed by atoms with Gasteiger partial charge in [0.25, 0.3) is 0 Å². The van der Waals surface area contributed by atoms with Gasteiger partial charge >= 0.3 is 0 Å². The number of benzene rings is 1. The zero-order valence-electron chi connectivity index (χ0n) is 10.1. The number of aromatic nitrogens is 3. The summed E-state index contributed by atoms with van der Waals surface area (Å²) in [5, 5.41) is 3.95. The molecule has 19 heavy (non-hydrogen) atoms. The van der Waals surface area contributed by atoms with E-state index in [4.69, 9.17) is 15.0 Å². The summed E-state index contributed by atoms with van der Waals surface area (Å²) in [5.74, 6) is 1.26. The van der Waals surface area contributed by atoms with E-state index in [-0.39, 0.29) is 0 Å². The minimum Gasteiger partial charge on any atom is -0.397 e. The third-order valence-corrected chi connectivity index (χ3v) is 3.13. The first-order chi connectivity index (χ1) is 9.17. The Bertz CT molecular complexity index is 734. The van der Waals surface area contributed by atoms with E-state index < -0.39 is 0 Å². The number of fused-ring (bicyclic) bond motifs is 1. The van der Waals surface area contributed by atoms with Crippen LogP contribution in [0.1, 0.15) is 5.76 Å². The van der Waals surface area contributed by atoms with Crippen molar-refractivity contribution in [2.75, 3.05) is 12.8 Å². The lowest BCUT2D eigenvalue weighted by atomic mass is 10.3. The van der Waals surface area contributed by atoms with E-state index >= 15 is 0 Å². The van der Waals surface area contributed by atoms with Gasteiger partial charge in [-0.25, -0.2) is 4.98 Å². The molecule has 3 aromatic rings. The molecule has 98 valence electrons. The summed E-state index contributed by atoms with van der Waals surface area (Å²) in [4.78, 5) is 7.60. The third kappa shape index (κ3) is 2.22. The van der Waals surface area contributed by atoms with Crippen LogP contribution in [-0.4, -0.2) is 22.2 Å². The molecule has 0 fully saturated rings. The molecule has 0 unspecified atom stereocenters. The summed E-state index contributed by atoms with van der Waals surface area (Å²) in [6, 6.07) is 5.51. The van der Waals surface area contributed by atoms with E-state index in [0.29, 0.717) is 29.6 Å². The van der Waals surface area contributed by atoms with Crippen molar-refractivity contribution >= 4 is 32.7 Å². The summed E-state index contributed by atoms with van der Waals surface area (Å²) >= 11 is 3.39. The molecule has 3 N–H and O–H groups in total. The van der Waals surface area contributed by atoms with Gasteiger partial charge in [0.2, 0.25) is 0 Å². The maximum absolute atomic E-state index is 5.93. The van der Waals surface area contributed by atoms with Crippen LogP contribution in [-0.2, 0) is 11.3 Å². The minimum atomic E-state index is 0.376. The van der Waals surface area contributed by atoms with Crippen molar-refractivity contribution in [3.8, 4) is 11.5 Å². The Labute approximate surface area is 117 Å². The fourth-order valence-electron chi connectivity index (χ4n) is 1.86. The molecule has 0 radical (unpaired) electrons. The van der Waals surface area contributed by atoms with Crippen molar-refractivity contribution in [2.24, 2.45) is 0 Å². The van der Waals surface area contributed by atoms with Gasteiger partial charge in [-0.3, -0.25) is 0 Å². The molecule has 1 aromatic carbocycles. The van der Waals surface area contributed by atoms with E-state index in [0.717, 1.165) is 15.5 Å². The molecule has 0 saturated carbocycles. The van der Waals surface area contributed by atoms with E-state index in [1.54, 1.807) is 13.2 Å². The number of nitrogen functional groups attached to an aromatic ring is 1. The molecule has 0 aliphatic carbocycles. The lowest BCUT2D eigenvalue weighted by Crippen LogP contribution is -1.86. The fourth-order valence-corrected chi connectivity index (χ4v) is 2.34. The zero-order valence-corrected chi connectivity index (χ0v) is 11.7. The first-order valence-electron chi connectivity index (χ1n) is 5.57. The summed E-state index contributed by atoms with van der Waals surface area (Å²) in [6.07, 6.45) is 0. The number of hydrogen-bond acceptors (Lipinski definition) is 5. The molecule has 0 aliphatic rings. The molecule has 2 aromatic heterocycles. The number of halogens is 1. The van der Waals surface area contributed by atoms with E-state index in [2.05, 4.69) is 31.1 Å². The quantitative estimate of drug-likeness (QED) is 0.723. The number of nitrogens with two attached hydrogens (primary N) is 1. The molecule has 0 bridgehead atoms. The average Bonchev–Trinajstić information content (AvgIpc) is 2.95. The number of hydrogen-bond donors (Lipinski definition) is 2. The van der Waals surface area contributed by atoms with Crippen molar-refractivity contribution in [3.63, 3.8) is 0 Å². The zero-order chi connectivity index (χ0) is 13.4. The second-order valence-electron chi connectivity index (χ2n) is 4.09. The highest BCUT2D eigenvalue weighted by molar-refractivity contribution is 9.10. The average molecular weight is 323 g/mol. The summed E-state index contributed by atoms with van der Waals surface area (Å²) in [7, 11) is 1.60. The molecule has 7 heteroatoms. The Kier molecular flexibility index (Phi) is 3.00. The number of methoxy groups -OCH3 is 1. The van der Waals surface area contributed by atoms with E-state index in [1.807, 2.05) is 12.1 Å². The Balaban J connectivity index is 2.07. The molecule has 2 heterocycles. The standard InChI is InChI=1S/C12H11BrN4O2/c1-18-5-7-4-10(17-19-7)12-15-9-3-6(13)2-8(14)11(9)16-12/h2-4H,5,14H2,1H3,(H,15,16). The van der Waals surface area contributed by atoms with Crippen molar-refractivity contribution < 1.29 is 9.26 Å². The molecule has 6 nitrogen and oxygen atoms in total. The maximum atomic E-state index is 5.93. The lowest BCUT2D eigenvalue weighted by Gasteiger charge is -1.94. The van der Waals surface area contributed by atoms with Crippen molar-refractivity contribution in [1.29, 1.82) is 0 Å². The van der Waals surface area contributed by atoms with Crippen LogP contribution in [0.4, 0.5) is 5.69 Å². The number of nitrogens with zero attached hydrogens (tertiary/aromatic N) is 2. The fraction of sp³-hybridized carbons (Fsp3) is 0.167. The molecule has 0 aliphatic heterocycles. The lowest BCUT2D eigenvalue weighted by molar-refractivity contribution is 0.156. The number of rotatable bonds is 3. The van der Waals surface area contributed by atoms with Gasteiger partial charge in [-0.2, -0.15) is 0 Å². The van der Waals surface area contributed by atoms with Gasteiger partial charge in [-0.1, -0.05) is 21.1 Å². The third-order valence-electron chi connectivity index (χ3n) is 2.67. The van der Waals surface area contributed by atoms with Gasteiger partial charge in [-0.15, -0.1) is 0 Å². The first-order valence-corrected chi connectivity index (χ1v) is 6.36. The first kappa shape index (κ1) is 12.2. The van der Waals surface area contributed by atoms with Crippen molar-refractivity contribution in [1.82, 2.24) is 15.1 Å². The molecule has 0 saturated heterocycles. The van der Waals surface area contributed by atoms with Gasteiger partial charge in [0.15, 0.2) is 11.6 Å². The van der Waals surface area contributed by atoms with Gasteiger partial charge < -0.3 is 20.0 Å².